The van der Waals surface area contributed by atoms with Crippen LogP contribution in [0.1, 0.15) is 36.8 Å². The maximum Gasteiger partial charge on any atom is 0.131 e. The summed E-state index contributed by atoms with van der Waals surface area (Å²) in [6.45, 7) is 4.47. The summed E-state index contributed by atoms with van der Waals surface area (Å²) in [5.41, 5.74) is 2.45. The lowest BCUT2D eigenvalue weighted by Crippen LogP contribution is -2.02. The molecule has 0 saturated heterocycles. The maximum atomic E-state index is 6.10. The van der Waals surface area contributed by atoms with Crippen LogP contribution in [0.15, 0.2) is 42.5 Å². The average Bonchev–Trinajstić information content (AvgIpc) is 2.48. The summed E-state index contributed by atoms with van der Waals surface area (Å²) in [6, 6.07) is 14.1. The topological polar surface area (TPSA) is 9.23 Å². The average molecular weight is 259 g/mol. The van der Waals surface area contributed by atoms with E-state index in [2.05, 4.69) is 26.0 Å². The number of ether oxygens (including phenoxy) is 1. The SMILES string of the molecule is CC1c2ccccc2Oc2ccc(Cl)cc2[C@H]1C. The van der Waals surface area contributed by atoms with E-state index < -0.39 is 0 Å². The molecule has 0 bridgehead atoms. The molecule has 0 aliphatic carbocycles. The zero-order valence-corrected chi connectivity index (χ0v) is 11.2. The van der Waals surface area contributed by atoms with Crippen LogP contribution in [0.3, 0.4) is 0 Å². The first-order valence-corrected chi connectivity index (χ1v) is 6.61. The Balaban J connectivity index is 2.20. The second-order valence-electron chi connectivity index (χ2n) is 4.90. The van der Waals surface area contributed by atoms with Gasteiger partial charge in [0.2, 0.25) is 0 Å². The van der Waals surface area contributed by atoms with E-state index in [0.717, 1.165) is 16.5 Å². The molecule has 18 heavy (non-hydrogen) atoms. The van der Waals surface area contributed by atoms with Gasteiger partial charge in [0.15, 0.2) is 0 Å². The predicted molar refractivity (Wildman–Crippen MR) is 74.8 cm³/mol. The summed E-state index contributed by atoms with van der Waals surface area (Å²) in [7, 11) is 0. The van der Waals surface area contributed by atoms with Crippen molar-refractivity contribution in [2.75, 3.05) is 0 Å². The van der Waals surface area contributed by atoms with E-state index in [1.807, 2.05) is 30.3 Å². The van der Waals surface area contributed by atoms with Crippen LogP contribution in [0.4, 0.5) is 0 Å². The summed E-state index contributed by atoms with van der Waals surface area (Å²) in [6.07, 6.45) is 0. The highest BCUT2D eigenvalue weighted by Crippen LogP contribution is 2.46. The van der Waals surface area contributed by atoms with Crippen LogP contribution in [-0.4, -0.2) is 0 Å². The molecule has 1 heterocycles. The monoisotopic (exact) mass is 258 g/mol. The lowest BCUT2D eigenvalue weighted by Gasteiger charge is -2.18. The molecule has 0 spiro atoms. The number of para-hydroxylation sites is 1. The minimum absolute atomic E-state index is 0.391. The zero-order chi connectivity index (χ0) is 12.7. The molecule has 2 aromatic carbocycles. The first kappa shape index (κ1) is 11.6. The lowest BCUT2D eigenvalue weighted by molar-refractivity contribution is 0.478. The summed E-state index contributed by atoms with van der Waals surface area (Å²) in [5.74, 6) is 2.69. The first-order chi connectivity index (χ1) is 8.66. The molecule has 0 radical (unpaired) electrons. The number of hydrogen-bond acceptors (Lipinski definition) is 1. The van der Waals surface area contributed by atoms with Crippen molar-refractivity contribution in [3.63, 3.8) is 0 Å². The van der Waals surface area contributed by atoms with Gasteiger partial charge < -0.3 is 4.74 Å². The van der Waals surface area contributed by atoms with E-state index in [0.29, 0.717) is 11.8 Å². The minimum Gasteiger partial charge on any atom is -0.457 e. The molecule has 1 unspecified atom stereocenters. The molecule has 0 amide bonds. The fourth-order valence-electron chi connectivity index (χ4n) is 2.57. The molecule has 0 N–H and O–H groups in total. The Labute approximate surface area is 112 Å². The Hall–Kier alpha value is -1.47. The van der Waals surface area contributed by atoms with Crippen molar-refractivity contribution in [2.45, 2.75) is 25.7 Å². The normalized spacial score (nSPS) is 21.5. The molecular formula is C16H15ClO. The third-order valence-electron chi connectivity index (χ3n) is 3.84. The molecule has 3 rings (SSSR count). The van der Waals surface area contributed by atoms with Crippen molar-refractivity contribution in [1.29, 1.82) is 0 Å². The lowest BCUT2D eigenvalue weighted by atomic mass is 9.84. The van der Waals surface area contributed by atoms with Crippen LogP contribution in [0.25, 0.3) is 0 Å². The summed E-state index contributed by atoms with van der Waals surface area (Å²) >= 11 is 6.10. The minimum atomic E-state index is 0.391. The number of fused-ring (bicyclic) bond motifs is 2. The van der Waals surface area contributed by atoms with Gasteiger partial charge in [-0.25, -0.2) is 0 Å². The molecular weight excluding hydrogens is 244 g/mol. The van der Waals surface area contributed by atoms with Gasteiger partial charge in [-0.3, -0.25) is 0 Å². The van der Waals surface area contributed by atoms with Gasteiger partial charge in [0.05, 0.1) is 0 Å². The fraction of sp³-hybridized carbons (Fsp3) is 0.250. The van der Waals surface area contributed by atoms with E-state index in [1.54, 1.807) is 0 Å². The van der Waals surface area contributed by atoms with Gasteiger partial charge in [0.25, 0.3) is 0 Å². The molecule has 0 fully saturated rings. The molecule has 2 aromatic rings. The third-order valence-corrected chi connectivity index (χ3v) is 4.08. The van der Waals surface area contributed by atoms with E-state index in [-0.39, 0.29) is 0 Å². The van der Waals surface area contributed by atoms with Crippen LogP contribution >= 0.6 is 11.6 Å². The largest absolute Gasteiger partial charge is 0.457 e. The number of hydrogen-bond donors (Lipinski definition) is 0. The molecule has 2 heteroatoms. The molecule has 1 nitrogen and oxygen atoms in total. The number of halogens is 1. The van der Waals surface area contributed by atoms with Crippen LogP contribution < -0.4 is 4.74 Å². The van der Waals surface area contributed by atoms with Crippen molar-refractivity contribution in [3.8, 4) is 11.5 Å². The molecule has 1 aliphatic rings. The quantitative estimate of drug-likeness (QED) is 0.619. The molecule has 2 atom stereocenters. The van der Waals surface area contributed by atoms with Crippen LogP contribution in [0, 0.1) is 0 Å². The Morgan fingerprint density at radius 3 is 2.39 bits per heavy atom. The van der Waals surface area contributed by atoms with Crippen molar-refractivity contribution < 1.29 is 4.74 Å². The highest BCUT2D eigenvalue weighted by atomic mass is 35.5. The Morgan fingerprint density at radius 1 is 0.889 bits per heavy atom. The first-order valence-electron chi connectivity index (χ1n) is 6.23. The van der Waals surface area contributed by atoms with Gasteiger partial charge in [0.1, 0.15) is 11.5 Å². The summed E-state index contributed by atoms with van der Waals surface area (Å²) in [5, 5.41) is 0.766. The molecule has 1 aliphatic heterocycles. The van der Waals surface area contributed by atoms with Crippen LogP contribution in [0.2, 0.25) is 5.02 Å². The summed E-state index contributed by atoms with van der Waals surface area (Å²) in [4.78, 5) is 0. The van der Waals surface area contributed by atoms with E-state index in [1.165, 1.54) is 11.1 Å². The van der Waals surface area contributed by atoms with Crippen LogP contribution in [0.5, 0.6) is 11.5 Å². The molecule has 0 saturated carbocycles. The second kappa shape index (κ2) is 4.33. The highest BCUT2D eigenvalue weighted by Gasteiger charge is 2.26. The number of rotatable bonds is 0. The Morgan fingerprint density at radius 2 is 1.56 bits per heavy atom. The maximum absolute atomic E-state index is 6.10. The standard InChI is InChI=1S/C16H15ClO/c1-10-11(2)14-9-12(17)7-8-16(14)18-15-6-4-3-5-13(10)15/h3-11H,1-2H3/t10?,11-/m0/s1. The highest BCUT2D eigenvalue weighted by molar-refractivity contribution is 6.30. The smallest absolute Gasteiger partial charge is 0.131 e. The van der Waals surface area contributed by atoms with Gasteiger partial charge in [-0.15, -0.1) is 0 Å². The number of benzene rings is 2. The molecule has 92 valence electrons. The van der Waals surface area contributed by atoms with Gasteiger partial charge in [-0.2, -0.15) is 0 Å². The van der Waals surface area contributed by atoms with Crippen molar-refractivity contribution in [3.05, 3.63) is 58.6 Å². The van der Waals surface area contributed by atoms with Gasteiger partial charge in [0, 0.05) is 5.02 Å². The van der Waals surface area contributed by atoms with E-state index in [4.69, 9.17) is 16.3 Å². The Bertz CT molecular complexity index is 591. The van der Waals surface area contributed by atoms with E-state index >= 15 is 0 Å². The Kier molecular flexibility index (Phi) is 2.79. The van der Waals surface area contributed by atoms with Crippen molar-refractivity contribution in [1.82, 2.24) is 0 Å². The van der Waals surface area contributed by atoms with Gasteiger partial charge >= 0.3 is 0 Å². The zero-order valence-electron chi connectivity index (χ0n) is 10.5. The third kappa shape index (κ3) is 1.79. The van der Waals surface area contributed by atoms with E-state index in [9.17, 15) is 0 Å². The van der Waals surface area contributed by atoms with Crippen molar-refractivity contribution in [2.24, 2.45) is 0 Å². The van der Waals surface area contributed by atoms with Gasteiger partial charge in [-0.05, 0) is 47.2 Å². The second-order valence-corrected chi connectivity index (χ2v) is 5.34. The fourth-order valence-corrected chi connectivity index (χ4v) is 2.76. The van der Waals surface area contributed by atoms with Gasteiger partial charge in [-0.1, -0.05) is 43.6 Å². The van der Waals surface area contributed by atoms with Crippen LogP contribution in [-0.2, 0) is 0 Å². The predicted octanol–water partition coefficient (Wildman–Crippen LogP) is 5.35. The summed E-state index contributed by atoms with van der Waals surface area (Å²) < 4.78 is 6.04. The molecule has 0 aromatic heterocycles. The van der Waals surface area contributed by atoms with Crippen molar-refractivity contribution >= 4 is 11.6 Å².